The summed E-state index contributed by atoms with van der Waals surface area (Å²) in [6.07, 6.45) is 0.861. The summed E-state index contributed by atoms with van der Waals surface area (Å²) >= 11 is 3.40. The first-order valence-electron chi connectivity index (χ1n) is 8.73. The first-order chi connectivity index (χ1) is 13.0. The van der Waals surface area contributed by atoms with Gasteiger partial charge in [-0.3, -0.25) is 9.79 Å². The van der Waals surface area contributed by atoms with Crippen molar-refractivity contribution >= 4 is 57.5 Å². The van der Waals surface area contributed by atoms with E-state index >= 15 is 0 Å². The summed E-state index contributed by atoms with van der Waals surface area (Å²) in [6, 6.07) is 12.4. The van der Waals surface area contributed by atoms with E-state index in [0.717, 1.165) is 15.7 Å². The Labute approximate surface area is 190 Å². The van der Waals surface area contributed by atoms with Crippen LogP contribution in [-0.2, 0) is 11.2 Å². The average molecular weight is 563 g/mol. The largest absolute Gasteiger partial charge is 0.356 e. The molecule has 0 heterocycles. The number of hydrogen-bond donors (Lipinski definition) is 3. The highest BCUT2D eigenvalue weighted by Crippen LogP contribution is 2.20. The van der Waals surface area contributed by atoms with E-state index in [4.69, 9.17) is 0 Å². The molecule has 0 bridgehead atoms. The Balaban J connectivity index is 0.00000392. The van der Waals surface area contributed by atoms with Crippen LogP contribution in [0.1, 0.15) is 17.5 Å². The second-order valence-electron chi connectivity index (χ2n) is 6.02. The summed E-state index contributed by atoms with van der Waals surface area (Å²) < 4.78 is 14.6. The van der Waals surface area contributed by atoms with Gasteiger partial charge in [0, 0.05) is 36.7 Å². The molecule has 0 aromatic heterocycles. The Kier molecular flexibility index (Phi) is 11.1. The van der Waals surface area contributed by atoms with Crippen molar-refractivity contribution in [2.75, 3.05) is 25.5 Å². The molecule has 0 aliphatic rings. The van der Waals surface area contributed by atoms with Gasteiger partial charge in [-0.05, 0) is 48.7 Å². The Morgan fingerprint density at radius 1 is 1.14 bits per heavy atom. The fourth-order valence-corrected chi connectivity index (χ4v) is 2.99. The van der Waals surface area contributed by atoms with E-state index < -0.39 is 0 Å². The fourth-order valence-electron chi connectivity index (χ4n) is 2.51. The van der Waals surface area contributed by atoms with Crippen molar-refractivity contribution < 1.29 is 9.18 Å². The number of hydrogen-bond acceptors (Lipinski definition) is 2. The molecule has 0 saturated heterocycles. The van der Waals surface area contributed by atoms with E-state index in [1.807, 2.05) is 31.2 Å². The number of carbonyl (C=O) groups is 1. The van der Waals surface area contributed by atoms with Gasteiger partial charge in [-0.1, -0.05) is 34.1 Å². The van der Waals surface area contributed by atoms with Crippen molar-refractivity contribution in [1.29, 1.82) is 0 Å². The summed E-state index contributed by atoms with van der Waals surface area (Å²) in [5.41, 5.74) is 2.46. The molecule has 2 rings (SSSR count). The number of carbonyl (C=O) groups excluding carboxylic acids is 1. The van der Waals surface area contributed by atoms with Gasteiger partial charge in [-0.2, -0.15) is 0 Å². The van der Waals surface area contributed by atoms with Gasteiger partial charge in [0.2, 0.25) is 5.91 Å². The molecule has 3 N–H and O–H groups in total. The maximum atomic E-state index is 13.6. The molecule has 0 spiro atoms. The zero-order valence-electron chi connectivity index (χ0n) is 15.9. The number of amides is 1. The van der Waals surface area contributed by atoms with Crippen molar-refractivity contribution in [1.82, 2.24) is 10.6 Å². The lowest BCUT2D eigenvalue weighted by molar-refractivity contribution is -0.116. The summed E-state index contributed by atoms with van der Waals surface area (Å²) in [4.78, 5) is 16.2. The molecule has 1 amide bonds. The smallest absolute Gasteiger partial charge is 0.226 e. The van der Waals surface area contributed by atoms with Crippen LogP contribution in [0.25, 0.3) is 0 Å². The molecule has 152 valence electrons. The van der Waals surface area contributed by atoms with E-state index in [1.165, 1.54) is 6.07 Å². The Morgan fingerprint density at radius 3 is 2.54 bits per heavy atom. The molecule has 2 aromatic carbocycles. The van der Waals surface area contributed by atoms with Gasteiger partial charge < -0.3 is 16.0 Å². The number of rotatable bonds is 7. The molecule has 5 nitrogen and oxygen atoms in total. The number of aryl methyl sites for hydroxylation is 1. The van der Waals surface area contributed by atoms with Crippen molar-refractivity contribution in [3.63, 3.8) is 0 Å². The third kappa shape index (κ3) is 8.14. The first-order valence-corrected chi connectivity index (χ1v) is 9.53. The monoisotopic (exact) mass is 562 g/mol. The average Bonchev–Trinajstić information content (AvgIpc) is 2.64. The lowest BCUT2D eigenvalue weighted by Gasteiger charge is -2.13. The van der Waals surface area contributed by atoms with E-state index in [2.05, 4.69) is 36.9 Å². The third-order valence-corrected chi connectivity index (χ3v) is 4.47. The van der Waals surface area contributed by atoms with Crippen molar-refractivity contribution in [3.8, 4) is 0 Å². The van der Waals surface area contributed by atoms with Gasteiger partial charge in [0.25, 0.3) is 0 Å². The number of nitrogens with one attached hydrogen (secondary N) is 3. The van der Waals surface area contributed by atoms with E-state index in [9.17, 15) is 9.18 Å². The minimum atomic E-state index is -0.206. The van der Waals surface area contributed by atoms with Crippen LogP contribution >= 0.6 is 39.9 Å². The van der Waals surface area contributed by atoms with Gasteiger partial charge in [0.05, 0.1) is 0 Å². The number of nitrogens with zero attached hydrogens (tertiary/aromatic N) is 1. The Hall–Kier alpha value is -1.68. The minimum Gasteiger partial charge on any atom is -0.356 e. The van der Waals surface area contributed by atoms with Crippen molar-refractivity contribution in [2.24, 2.45) is 4.99 Å². The quantitative estimate of drug-likeness (QED) is 0.268. The van der Waals surface area contributed by atoms with Crippen LogP contribution in [0.4, 0.5) is 10.1 Å². The van der Waals surface area contributed by atoms with Crippen LogP contribution in [0.15, 0.2) is 51.9 Å². The number of aliphatic imine (C=N–C) groups is 1. The van der Waals surface area contributed by atoms with Crippen LogP contribution in [0, 0.1) is 12.7 Å². The van der Waals surface area contributed by atoms with Gasteiger partial charge in [-0.15, -0.1) is 24.0 Å². The van der Waals surface area contributed by atoms with Gasteiger partial charge in [-0.25, -0.2) is 4.39 Å². The van der Waals surface area contributed by atoms with Crippen LogP contribution < -0.4 is 16.0 Å². The molecular formula is C20H25BrFIN4O. The minimum absolute atomic E-state index is 0. The summed E-state index contributed by atoms with van der Waals surface area (Å²) in [7, 11) is 1.66. The van der Waals surface area contributed by atoms with Crippen LogP contribution in [0.2, 0.25) is 0 Å². The van der Waals surface area contributed by atoms with Crippen LogP contribution in [0.5, 0.6) is 0 Å². The fraction of sp³-hybridized carbons (Fsp3) is 0.300. The highest BCUT2D eigenvalue weighted by Gasteiger charge is 2.06. The van der Waals surface area contributed by atoms with Crippen LogP contribution in [0.3, 0.4) is 0 Å². The summed E-state index contributed by atoms with van der Waals surface area (Å²) in [6.45, 7) is 2.94. The molecule has 28 heavy (non-hydrogen) atoms. The molecular weight excluding hydrogens is 538 g/mol. The first kappa shape index (κ1) is 24.4. The third-order valence-electron chi connectivity index (χ3n) is 3.98. The van der Waals surface area contributed by atoms with Gasteiger partial charge in [0.15, 0.2) is 5.96 Å². The summed E-state index contributed by atoms with van der Waals surface area (Å²) in [5.74, 6) is 0.302. The number of guanidine groups is 1. The predicted molar refractivity (Wildman–Crippen MR) is 127 cm³/mol. The van der Waals surface area contributed by atoms with Gasteiger partial charge in [0.1, 0.15) is 5.82 Å². The number of anilines is 1. The maximum Gasteiger partial charge on any atom is 0.226 e. The molecule has 0 aliphatic heterocycles. The lowest BCUT2D eigenvalue weighted by Crippen LogP contribution is -2.39. The summed E-state index contributed by atoms with van der Waals surface area (Å²) in [5, 5.41) is 9.11. The second kappa shape index (κ2) is 12.7. The highest BCUT2D eigenvalue weighted by molar-refractivity contribution is 14.0. The molecule has 0 saturated carbocycles. The van der Waals surface area contributed by atoms with Crippen LogP contribution in [-0.4, -0.2) is 32.0 Å². The number of benzene rings is 2. The zero-order valence-corrected chi connectivity index (χ0v) is 19.8. The molecule has 0 unspecified atom stereocenters. The molecule has 0 aliphatic carbocycles. The predicted octanol–water partition coefficient (Wildman–Crippen LogP) is 4.25. The highest BCUT2D eigenvalue weighted by atomic mass is 127. The van der Waals surface area contributed by atoms with Crippen molar-refractivity contribution in [3.05, 3.63) is 63.9 Å². The Bertz CT molecular complexity index is 817. The normalized spacial score (nSPS) is 10.8. The molecule has 0 fully saturated rings. The standard InChI is InChI=1S/C20H24BrFN4O.HI/c1-14-13-16(21)7-8-18(14)26-19(27)10-12-25-20(23-2)24-11-9-15-5-3-4-6-17(15)22;/h3-8,13H,9-12H2,1-2H3,(H,26,27)(H2,23,24,25);1H. The molecule has 0 atom stereocenters. The van der Waals surface area contributed by atoms with Crippen molar-refractivity contribution in [2.45, 2.75) is 19.8 Å². The van der Waals surface area contributed by atoms with E-state index in [0.29, 0.717) is 37.5 Å². The zero-order chi connectivity index (χ0) is 19.6. The molecule has 0 radical (unpaired) electrons. The second-order valence-corrected chi connectivity index (χ2v) is 6.94. The van der Waals surface area contributed by atoms with E-state index in [-0.39, 0.29) is 35.7 Å². The molecule has 2 aromatic rings. The maximum absolute atomic E-state index is 13.6. The topological polar surface area (TPSA) is 65.5 Å². The SMILES string of the molecule is CN=C(NCCC(=O)Nc1ccc(Br)cc1C)NCCc1ccccc1F.I. The number of halogens is 3. The lowest BCUT2D eigenvalue weighted by atomic mass is 10.1. The van der Waals surface area contributed by atoms with E-state index in [1.54, 1.807) is 19.2 Å². The van der Waals surface area contributed by atoms with Gasteiger partial charge >= 0.3 is 0 Å². The molecule has 8 heteroatoms. The Morgan fingerprint density at radius 2 is 1.86 bits per heavy atom.